The van der Waals surface area contributed by atoms with Crippen LogP contribution in [0.4, 0.5) is 0 Å². The van der Waals surface area contributed by atoms with Crippen LogP contribution in [0, 0.1) is 0 Å². The van der Waals surface area contributed by atoms with Crippen molar-refractivity contribution >= 4 is 0 Å². The Bertz CT molecular complexity index is 154. The molecule has 1 fully saturated rings. The van der Waals surface area contributed by atoms with Crippen molar-refractivity contribution in [2.24, 2.45) is 0 Å². The third-order valence-electron chi connectivity index (χ3n) is 2.40. The van der Waals surface area contributed by atoms with Gasteiger partial charge in [-0.2, -0.15) is 0 Å². The molecule has 0 amide bonds. The highest BCUT2D eigenvalue weighted by atomic mass is 15.0. The molecule has 2 rings (SSSR count). The lowest BCUT2D eigenvalue weighted by Gasteiger charge is -2.21. The molecule has 0 aromatic carbocycles. The summed E-state index contributed by atoms with van der Waals surface area (Å²) in [6, 6.07) is 0. The van der Waals surface area contributed by atoms with E-state index in [2.05, 4.69) is 18.3 Å². The predicted octanol–water partition coefficient (Wildman–Crippen LogP) is 1.46. The van der Waals surface area contributed by atoms with E-state index in [1.54, 1.807) is 5.57 Å². The lowest BCUT2D eigenvalue weighted by Crippen LogP contribution is -2.34. The first-order valence-corrected chi connectivity index (χ1v) is 3.71. The molecule has 0 unspecified atom stereocenters. The Morgan fingerprint density at radius 3 is 2.78 bits per heavy atom. The second kappa shape index (κ2) is 1.60. The van der Waals surface area contributed by atoms with Crippen molar-refractivity contribution in [1.82, 2.24) is 5.32 Å². The van der Waals surface area contributed by atoms with Gasteiger partial charge in [-0.1, -0.05) is 11.6 Å². The molecule has 1 N–H and O–H groups in total. The summed E-state index contributed by atoms with van der Waals surface area (Å²) in [6.45, 7) is 3.34. The Kier molecular flexibility index (Phi) is 0.974. The summed E-state index contributed by atoms with van der Waals surface area (Å²) in [7, 11) is 0. The summed E-state index contributed by atoms with van der Waals surface area (Å²) in [5, 5.41) is 3.52. The molecule has 0 aromatic rings. The molecular weight excluding hydrogens is 110 g/mol. The van der Waals surface area contributed by atoms with E-state index in [0.717, 1.165) is 6.54 Å². The fourth-order valence-electron chi connectivity index (χ4n) is 1.61. The largest absolute Gasteiger partial charge is 0.307 e. The fraction of sp³-hybridized carbons (Fsp3) is 0.750. The second-order valence-corrected chi connectivity index (χ2v) is 3.39. The van der Waals surface area contributed by atoms with Crippen LogP contribution in [0.1, 0.15) is 26.2 Å². The molecule has 1 aliphatic heterocycles. The smallest absolute Gasteiger partial charge is 0.0222 e. The van der Waals surface area contributed by atoms with Crippen molar-refractivity contribution in [3.8, 4) is 0 Å². The van der Waals surface area contributed by atoms with E-state index in [1.807, 2.05) is 0 Å². The van der Waals surface area contributed by atoms with E-state index >= 15 is 0 Å². The minimum Gasteiger partial charge on any atom is -0.307 e. The van der Waals surface area contributed by atoms with E-state index in [1.165, 1.54) is 19.3 Å². The summed E-state index contributed by atoms with van der Waals surface area (Å²) in [5.41, 5.74) is 2.16. The topological polar surface area (TPSA) is 12.0 Å². The van der Waals surface area contributed by atoms with Crippen LogP contribution in [0.3, 0.4) is 0 Å². The van der Waals surface area contributed by atoms with Gasteiger partial charge in [-0.25, -0.2) is 0 Å². The van der Waals surface area contributed by atoms with Gasteiger partial charge >= 0.3 is 0 Å². The standard InChI is InChI=1S/C8H13N/c1-7-2-5-9-8(6-7)3-4-8/h2,9H,3-6H2,1H3. The Morgan fingerprint density at radius 2 is 2.33 bits per heavy atom. The van der Waals surface area contributed by atoms with Gasteiger partial charge in [0.05, 0.1) is 0 Å². The normalized spacial score (nSPS) is 30.1. The van der Waals surface area contributed by atoms with Crippen molar-refractivity contribution in [1.29, 1.82) is 0 Å². The second-order valence-electron chi connectivity index (χ2n) is 3.39. The average Bonchev–Trinajstić information content (AvgIpc) is 2.49. The maximum absolute atomic E-state index is 3.52. The van der Waals surface area contributed by atoms with E-state index < -0.39 is 0 Å². The van der Waals surface area contributed by atoms with Gasteiger partial charge in [0.1, 0.15) is 0 Å². The molecule has 1 saturated carbocycles. The summed E-state index contributed by atoms with van der Waals surface area (Å²) < 4.78 is 0. The highest BCUT2D eigenvalue weighted by Gasteiger charge is 2.42. The number of nitrogens with one attached hydrogen (secondary N) is 1. The maximum Gasteiger partial charge on any atom is 0.0222 e. The number of hydrogen-bond acceptors (Lipinski definition) is 1. The molecule has 9 heavy (non-hydrogen) atoms. The first-order chi connectivity index (χ1) is 4.31. The first kappa shape index (κ1) is 5.48. The molecule has 0 bridgehead atoms. The molecule has 0 aromatic heterocycles. The Labute approximate surface area is 56.1 Å². The van der Waals surface area contributed by atoms with E-state index in [9.17, 15) is 0 Å². The van der Waals surface area contributed by atoms with E-state index in [0.29, 0.717) is 5.54 Å². The fourth-order valence-corrected chi connectivity index (χ4v) is 1.61. The molecule has 1 heterocycles. The minimum absolute atomic E-state index is 0.582. The number of hydrogen-bond donors (Lipinski definition) is 1. The van der Waals surface area contributed by atoms with E-state index in [-0.39, 0.29) is 0 Å². The van der Waals surface area contributed by atoms with Gasteiger partial charge in [0.25, 0.3) is 0 Å². The molecule has 1 aliphatic carbocycles. The van der Waals surface area contributed by atoms with Gasteiger partial charge in [0.15, 0.2) is 0 Å². The average molecular weight is 123 g/mol. The molecule has 0 saturated heterocycles. The molecule has 2 aliphatic rings. The summed E-state index contributed by atoms with van der Waals surface area (Å²) in [5.74, 6) is 0. The zero-order valence-electron chi connectivity index (χ0n) is 5.91. The van der Waals surface area contributed by atoms with Crippen LogP contribution in [-0.4, -0.2) is 12.1 Å². The number of rotatable bonds is 0. The maximum atomic E-state index is 3.52. The van der Waals surface area contributed by atoms with Crippen molar-refractivity contribution in [2.75, 3.05) is 6.54 Å². The lowest BCUT2D eigenvalue weighted by atomic mass is 10.0. The third-order valence-corrected chi connectivity index (χ3v) is 2.40. The SMILES string of the molecule is CC1=CCNC2(CC2)C1. The van der Waals surface area contributed by atoms with Crippen molar-refractivity contribution < 1.29 is 0 Å². The molecule has 1 heteroatoms. The molecule has 0 radical (unpaired) electrons. The summed E-state index contributed by atoms with van der Waals surface area (Å²) in [4.78, 5) is 0. The third kappa shape index (κ3) is 0.897. The van der Waals surface area contributed by atoms with Crippen LogP contribution < -0.4 is 5.32 Å². The molecule has 1 nitrogen and oxygen atoms in total. The molecular formula is C8H13N. The van der Waals surface area contributed by atoms with Crippen LogP contribution in [0.15, 0.2) is 11.6 Å². The van der Waals surface area contributed by atoms with Gasteiger partial charge in [0.2, 0.25) is 0 Å². The van der Waals surface area contributed by atoms with Crippen LogP contribution in [-0.2, 0) is 0 Å². The zero-order valence-corrected chi connectivity index (χ0v) is 5.91. The Morgan fingerprint density at radius 1 is 1.56 bits per heavy atom. The van der Waals surface area contributed by atoms with Crippen LogP contribution >= 0.6 is 0 Å². The monoisotopic (exact) mass is 123 g/mol. The van der Waals surface area contributed by atoms with Gasteiger partial charge < -0.3 is 5.32 Å². The quantitative estimate of drug-likeness (QED) is 0.481. The minimum atomic E-state index is 0.582. The highest BCUT2D eigenvalue weighted by molar-refractivity contribution is 5.18. The van der Waals surface area contributed by atoms with Gasteiger partial charge in [-0.3, -0.25) is 0 Å². The molecule has 50 valence electrons. The summed E-state index contributed by atoms with van der Waals surface area (Å²) in [6.07, 6.45) is 6.40. The molecule has 0 atom stereocenters. The van der Waals surface area contributed by atoms with Crippen LogP contribution in [0.2, 0.25) is 0 Å². The van der Waals surface area contributed by atoms with Crippen molar-refractivity contribution in [3.63, 3.8) is 0 Å². The Hall–Kier alpha value is -0.300. The highest BCUT2D eigenvalue weighted by Crippen LogP contribution is 2.42. The lowest BCUT2D eigenvalue weighted by molar-refractivity contribution is 0.500. The Balaban J connectivity index is 2.10. The van der Waals surface area contributed by atoms with Crippen molar-refractivity contribution in [2.45, 2.75) is 31.7 Å². The van der Waals surface area contributed by atoms with Gasteiger partial charge in [-0.05, 0) is 26.2 Å². The summed E-state index contributed by atoms with van der Waals surface area (Å²) >= 11 is 0. The van der Waals surface area contributed by atoms with E-state index in [4.69, 9.17) is 0 Å². The van der Waals surface area contributed by atoms with Gasteiger partial charge in [0, 0.05) is 12.1 Å². The van der Waals surface area contributed by atoms with Gasteiger partial charge in [-0.15, -0.1) is 0 Å². The van der Waals surface area contributed by atoms with Crippen LogP contribution in [0.5, 0.6) is 0 Å². The predicted molar refractivity (Wildman–Crippen MR) is 38.3 cm³/mol. The van der Waals surface area contributed by atoms with Crippen LogP contribution in [0.25, 0.3) is 0 Å². The molecule has 1 spiro atoms. The van der Waals surface area contributed by atoms with Crippen molar-refractivity contribution in [3.05, 3.63) is 11.6 Å². The zero-order chi connectivity index (χ0) is 6.32. The first-order valence-electron chi connectivity index (χ1n) is 3.71.